The Morgan fingerprint density at radius 1 is 1.20 bits per heavy atom. The molecular weight excluding hydrogens is 190 g/mol. The number of ether oxygens (including phenoxy) is 1. The molecule has 15 heavy (non-hydrogen) atoms. The lowest BCUT2D eigenvalue weighted by Gasteiger charge is -2.15. The maximum atomic E-state index is 11.5. The van der Waals surface area contributed by atoms with Gasteiger partial charge in [0.05, 0.1) is 0 Å². The first-order chi connectivity index (χ1) is 7.26. The molecule has 90 valence electrons. The van der Waals surface area contributed by atoms with Crippen molar-refractivity contribution in [3.8, 4) is 0 Å². The van der Waals surface area contributed by atoms with E-state index in [0.717, 1.165) is 12.8 Å². The summed E-state index contributed by atoms with van der Waals surface area (Å²) in [5.41, 5.74) is 0. The highest BCUT2D eigenvalue weighted by atomic mass is 16.5. The maximum Gasteiger partial charge on any atom is 0.249 e. The van der Waals surface area contributed by atoms with Gasteiger partial charge in [0.15, 0.2) is 0 Å². The van der Waals surface area contributed by atoms with Gasteiger partial charge in [-0.15, -0.1) is 0 Å². The molecule has 0 aliphatic rings. The van der Waals surface area contributed by atoms with Gasteiger partial charge in [-0.2, -0.15) is 0 Å². The Morgan fingerprint density at radius 2 is 1.93 bits per heavy atom. The van der Waals surface area contributed by atoms with Gasteiger partial charge in [-0.1, -0.05) is 33.1 Å². The zero-order chi connectivity index (χ0) is 11.5. The maximum absolute atomic E-state index is 11.5. The van der Waals surface area contributed by atoms with Crippen molar-refractivity contribution >= 4 is 5.91 Å². The van der Waals surface area contributed by atoms with Gasteiger partial charge in [-0.3, -0.25) is 4.79 Å². The fourth-order valence-corrected chi connectivity index (χ4v) is 1.42. The molecule has 0 heterocycles. The van der Waals surface area contributed by atoms with Crippen molar-refractivity contribution in [3.05, 3.63) is 0 Å². The Hall–Kier alpha value is -0.570. The highest BCUT2D eigenvalue weighted by molar-refractivity contribution is 5.80. The third-order valence-electron chi connectivity index (χ3n) is 2.33. The fourth-order valence-electron chi connectivity index (χ4n) is 1.42. The van der Waals surface area contributed by atoms with Gasteiger partial charge in [0, 0.05) is 13.2 Å². The van der Waals surface area contributed by atoms with E-state index >= 15 is 0 Å². The molecule has 0 fully saturated rings. The predicted octanol–water partition coefficient (Wildman–Crippen LogP) is 2.50. The predicted molar refractivity (Wildman–Crippen MR) is 62.9 cm³/mol. The molecule has 0 aliphatic heterocycles. The van der Waals surface area contributed by atoms with Crippen molar-refractivity contribution < 1.29 is 9.53 Å². The van der Waals surface area contributed by atoms with Crippen LogP contribution in [-0.4, -0.2) is 25.2 Å². The average Bonchev–Trinajstić information content (AvgIpc) is 2.23. The number of nitrogens with one attached hydrogen (secondary N) is 1. The molecule has 1 unspecified atom stereocenters. The normalized spacial score (nSPS) is 12.5. The summed E-state index contributed by atoms with van der Waals surface area (Å²) in [7, 11) is 0. The first kappa shape index (κ1) is 14.4. The first-order valence-electron chi connectivity index (χ1n) is 6.15. The summed E-state index contributed by atoms with van der Waals surface area (Å²) in [5.74, 6) is 0.0236. The fraction of sp³-hybridized carbons (Fsp3) is 0.917. The van der Waals surface area contributed by atoms with Crippen LogP contribution in [0.25, 0.3) is 0 Å². The molecule has 1 amide bonds. The zero-order valence-electron chi connectivity index (χ0n) is 10.3. The van der Waals surface area contributed by atoms with E-state index in [2.05, 4.69) is 12.2 Å². The van der Waals surface area contributed by atoms with Crippen LogP contribution < -0.4 is 5.32 Å². The van der Waals surface area contributed by atoms with Crippen molar-refractivity contribution in [1.29, 1.82) is 0 Å². The number of carbonyl (C=O) groups excluding carboxylic acids is 1. The smallest absolute Gasteiger partial charge is 0.249 e. The molecule has 0 radical (unpaired) electrons. The van der Waals surface area contributed by atoms with Crippen LogP contribution in [0.15, 0.2) is 0 Å². The van der Waals surface area contributed by atoms with Crippen molar-refractivity contribution in [2.24, 2.45) is 0 Å². The minimum absolute atomic E-state index is 0.0236. The van der Waals surface area contributed by atoms with E-state index in [1.165, 1.54) is 19.3 Å². The quantitative estimate of drug-likeness (QED) is 0.600. The summed E-state index contributed by atoms with van der Waals surface area (Å²) in [6.45, 7) is 7.46. The van der Waals surface area contributed by atoms with E-state index in [9.17, 15) is 4.79 Å². The van der Waals surface area contributed by atoms with E-state index in [1.54, 1.807) is 0 Å². The van der Waals surface area contributed by atoms with Crippen LogP contribution in [0.3, 0.4) is 0 Å². The van der Waals surface area contributed by atoms with Gasteiger partial charge >= 0.3 is 0 Å². The molecule has 1 N–H and O–H groups in total. The molecule has 3 heteroatoms. The Bertz CT molecular complexity index is 160. The van der Waals surface area contributed by atoms with E-state index in [4.69, 9.17) is 4.74 Å². The average molecular weight is 215 g/mol. The van der Waals surface area contributed by atoms with Crippen LogP contribution in [-0.2, 0) is 9.53 Å². The number of likely N-dealkylation sites (N-methyl/N-ethyl adjacent to an activating group) is 1. The first-order valence-corrected chi connectivity index (χ1v) is 6.15. The summed E-state index contributed by atoms with van der Waals surface area (Å²) in [6.07, 6.45) is 5.23. The second kappa shape index (κ2) is 9.97. The van der Waals surface area contributed by atoms with Gasteiger partial charge in [-0.25, -0.2) is 0 Å². The molecule has 0 aliphatic carbocycles. The zero-order valence-corrected chi connectivity index (χ0v) is 10.3. The highest BCUT2D eigenvalue weighted by Gasteiger charge is 2.15. The van der Waals surface area contributed by atoms with E-state index in [1.807, 2.05) is 13.8 Å². The van der Waals surface area contributed by atoms with Gasteiger partial charge in [0.25, 0.3) is 0 Å². The highest BCUT2D eigenvalue weighted by Crippen LogP contribution is 2.03. The van der Waals surface area contributed by atoms with Gasteiger partial charge in [0.2, 0.25) is 5.91 Å². The standard InChI is InChI=1S/C12H25NO2/c1-4-7-8-9-10-15-11(5-2)12(14)13-6-3/h11H,4-10H2,1-3H3,(H,13,14). The minimum atomic E-state index is -0.258. The molecule has 0 saturated carbocycles. The summed E-state index contributed by atoms with van der Waals surface area (Å²) < 4.78 is 5.54. The molecule has 0 aromatic heterocycles. The number of hydrogen-bond acceptors (Lipinski definition) is 2. The monoisotopic (exact) mass is 215 g/mol. The minimum Gasteiger partial charge on any atom is -0.368 e. The van der Waals surface area contributed by atoms with Crippen LogP contribution in [0.5, 0.6) is 0 Å². The van der Waals surface area contributed by atoms with Crippen LogP contribution in [0.2, 0.25) is 0 Å². The SMILES string of the molecule is CCCCCCOC(CC)C(=O)NCC. The molecule has 0 spiro atoms. The van der Waals surface area contributed by atoms with Gasteiger partial charge in [-0.05, 0) is 19.8 Å². The Labute approximate surface area is 93.6 Å². The number of unbranched alkanes of at least 4 members (excludes halogenated alkanes) is 3. The van der Waals surface area contributed by atoms with Crippen LogP contribution in [0.4, 0.5) is 0 Å². The molecule has 3 nitrogen and oxygen atoms in total. The summed E-state index contributed by atoms with van der Waals surface area (Å²) in [6, 6.07) is 0. The van der Waals surface area contributed by atoms with Gasteiger partial charge < -0.3 is 10.1 Å². The van der Waals surface area contributed by atoms with Gasteiger partial charge in [0.1, 0.15) is 6.10 Å². The molecule has 0 aromatic rings. The molecule has 0 rings (SSSR count). The number of hydrogen-bond donors (Lipinski definition) is 1. The summed E-state index contributed by atoms with van der Waals surface area (Å²) in [5, 5.41) is 2.78. The number of rotatable bonds is 9. The Morgan fingerprint density at radius 3 is 2.47 bits per heavy atom. The van der Waals surface area contributed by atoms with Crippen LogP contribution in [0, 0.1) is 0 Å². The number of carbonyl (C=O) groups is 1. The van der Waals surface area contributed by atoms with Crippen LogP contribution in [0.1, 0.15) is 52.9 Å². The third-order valence-corrected chi connectivity index (χ3v) is 2.33. The number of amides is 1. The molecular formula is C12H25NO2. The summed E-state index contributed by atoms with van der Waals surface area (Å²) >= 11 is 0. The van der Waals surface area contributed by atoms with E-state index < -0.39 is 0 Å². The van der Waals surface area contributed by atoms with E-state index in [-0.39, 0.29) is 12.0 Å². The van der Waals surface area contributed by atoms with E-state index in [0.29, 0.717) is 13.2 Å². The molecule has 0 saturated heterocycles. The topological polar surface area (TPSA) is 38.3 Å². The Balaban J connectivity index is 3.56. The summed E-state index contributed by atoms with van der Waals surface area (Å²) in [4.78, 5) is 11.5. The second-order valence-corrected chi connectivity index (χ2v) is 3.72. The second-order valence-electron chi connectivity index (χ2n) is 3.72. The van der Waals surface area contributed by atoms with Crippen molar-refractivity contribution in [2.75, 3.05) is 13.2 Å². The lowest BCUT2D eigenvalue weighted by Crippen LogP contribution is -2.36. The largest absolute Gasteiger partial charge is 0.368 e. The van der Waals surface area contributed by atoms with Crippen molar-refractivity contribution in [1.82, 2.24) is 5.32 Å². The van der Waals surface area contributed by atoms with Crippen molar-refractivity contribution in [3.63, 3.8) is 0 Å². The van der Waals surface area contributed by atoms with Crippen LogP contribution >= 0.6 is 0 Å². The van der Waals surface area contributed by atoms with Crippen molar-refractivity contribution in [2.45, 2.75) is 59.0 Å². The third kappa shape index (κ3) is 7.37. The lowest BCUT2D eigenvalue weighted by atomic mass is 10.2. The molecule has 0 aromatic carbocycles. The lowest BCUT2D eigenvalue weighted by molar-refractivity contribution is -0.133. The molecule has 1 atom stereocenters. The Kier molecular flexibility index (Phi) is 9.59. The molecule has 0 bridgehead atoms.